The van der Waals surface area contributed by atoms with Crippen molar-refractivity contribution >= 4 is 70.0 Å². The number of carbonyl (C=O) groups is 4. The second-order valence-electron chi connectivity index (χ2n) is 6.92. The van der Waals surface area contributed by atoms with Crippen molar-refractivity contribution in [2.45, 2.75) is 20.3 Å². The standard InChI is InChI=1S/C21H15Cl4NO5/c1-9-3-4-10(2)11(7-9)12(27)8-31-13(28)5-6-26-20(29)14-15(21(26)30)17(23)19(25)18(24)16(14)22/h3-4,7H,5-6,8H2,1-2H3. The summed E-state index contributed by atoms with van der Waals surface area (Å²) in [4.78, 5) is 50.5. The normalized spacial score (nSPS) is 12.9. The fraction of sp³-hybridized carbons (Fsp3) is 0.238. The Labute approximate surface area is 197 Å². The highest BCUT2D eigenvalue weighted by molar-refractivity contribution is 6.55. The molecule has 2 aromatic carbocycles. The Morgan fingerprint density at radius 2 is 1.45 bits per heavy atom. The summed E-state index contributed by atoms with van der Waals surface area (Å²) in [6.45, 7) is 2.90. The summed E-state index contributed by atoms with van der Waals surface area (Å²) in [5.74, 6) is -2.59. The topological polar surface area (TPSA) is 80.8 Å². The molecule has 1 heterocycles. The number of aryl methyl sites for hydroxylation is 2. The van der Waals surface area contributed by atoms with Gasteiger partial charge in [-0.2, -0.15) is 0 Å². The number of amides is 2. The first-order valence-corrected chi connectivity index (χ1v) is 10.5. The van der Waals surface area contributed by atoms with Crippen LogP contribution < -0.4 is 0 Å². The van der Waals surface area contributed by atoms with Crippen LogP contribution in [0.4, 0.5) is 0 Å². The Bertz CT molecular complexity index is 1100. The summed E-state index contributed by atoms with van der Waals surface area (Å²) in [6, 6.07) is 5.40. The largest absolute Gasteiger partial charge is 0.457 e. The molecule has 2 aromatic rings. The summed E-state index contributed by atoms with van der Waals surface area (Å²) in [7, 11) is 0. The number of halogens is 4. The van der Waals surface area contributed by atoms with Crippen molar-refractivity contribution in [1.29, 1.82) is 0 Å². The third-order valence-electron chi connectivity index (χ3n) is 4.78. The van der Waals surface area contributed by atoms with Gasteiger partial charge in [0.2, 0.25) is 5.78 Å². The number of rotatable bonds is 6. The minimum Gasteiger partial charge on any atom is -0.457 e. The minimum absolute atomic E-state index is 0.139. The number of fused-ring (bicyclic) bond motifs is 1. The van der Waals surface area contributed by atoms with Crippen LogP contribution in [0, 0.1) is 13.8 Å². The summed E-state index contributed by atoms with van der Waals surface area (Å²) < 4.78 is 5.01. The molecule has 0 saturated carbocycles. The third kappa shape index (κ3) is 4.44. The van der Waals surface area contributed by atoms with Crippen molar-refractivity contribution in [3.63, 3.8) is 0 Å². The molecule has 2 amide bonds. The van der Waals surface area contributed by atoms with Gasteiger partial charge in [0, 0.05) is 12.1 Å². The zero-order valence-electron chi connectivity index (χ0n) is 16.4. The van der Waals surface area contributed by atoms with Crippen molar-refractivity contribution in [3.8, 4) is 0 Å². The van der Waals surface area contributed by atoms with E-state index in [2.05, 4.69) is 0 Å². The van der Waals surface area contributed by atoms with Gasteiger partial charge in [-0.3, -0.25) is 24.1 Å². The number of benzene rings is 2. The number of hydrogen-bond acceptors (Lipinski definition) is 5. The summed E-state index contributed by atoms with van der Waals surface area (Å²) in [5.41, 5.74) is 1.81. The molecule has 0 radical (unpaired) electrons. The van der Waals surface area contributed by atoms with Gasteiger partial charge in [-0.1, -0.05) is 64.1 Å². The van der Waals surface area contributed by atoms with Gasteiger partial charge in [-0.05, 0) is 25.5 Å². The molecule has 0 unspecified atom stereocenters. The number of hydrogen-bond donors (Lipinski definition) is 0. The zero-order valence-corrected chi connectivity index (χ0v) is 19.4. The molecular weight excluding hydrogens is 488 g/mol. The average Bonchev–Trinajstić information content (AvgIpc) is 2.99. The number of carbonyl (C=O) groups excluding carboxylic acids is 4. The molecule has 6 nitrogen and oxygen atoms in total. The van der Waals surface area contributed by atoms with Crippen molar-refractivity contribution in [2.24, 2.45) is 0 Å². The van der Waals surface area contributed by atoms with E-state index in [-0.39, 0.29) is 50.0 Å². The maximum Gasteiger partial charge on any atom is 0.308 e. The summed E-state index contributed by atoms with van der Waals surface area (Å²) in [5, 5.41) is -0.652. The van der Waals surface area contributed by atoms with Gasteiger partial charge in [0.1, 0.15) is 0 Å². The molecule has 1 aliphatic rings. The smallest absolute Gasteiger partial charge is 0.308 e. The highest BCUT2D eigenvalue weighted by Crippen LogP contribution is 2.44. The number of nitrogens with zero attached hydrogens (tertiary/aromatic N) is 1. The molecule has 162 valence electrons. The van der Waals surface area contributed by atoms with Crippen LogP contribution in [0.25, 0.3) is 0 Å². The van der Waals surface area contributed by atoms with E-state index in [0.29, 0.717) is 5.56 Å². The van der Waals surface area contributed by atoms with E-state index in [1.165, 1.54) is 0 Å². The van der Waals surface area contributed by atoms with Crippen molar-refractivity contribution in [3.05, 3.63) is 66.1 Å². The fourth-order valence-corrected chi connectivity index (χ4v) is 4.15. The maximum absolute atomic E-state index is 12.6. The van der Waals surface area contributed by atoms with Crippen LogP contribution in [-0.4, -0.2) is 41.6 Å². The Morgan fingerprint density at radius 1 is 0.903 bits per heavy atom. The predicted octanol–water partition coefficient (Wildman–Crippen LogP) is 5.33. The van der Waals surface area contributed by atoms with Gasteiger partial charge in [-0.15, -0.1) is 0 Å². The van der Waals surface area contributed by atoms with E-state index in [9.17, 15) is 19.2 Å². The van der Waals surface area contributed by atoms with Gasteiger partial charge < -0.3 is 4.74 Å². The second-order valence-corrected chi connectivity index (χ2v) is 8.43. The highest BCUT2D eigenvalue weighted by atomic mass is 35.5. The molecule has 3 rings (SSSR count). The number of imide groups is 1. The van der Waals surface area contributed by atoms with E-state index < -0.39 is 24.4 Å². The average molecular weight is 503 g/mol. The first kappa shape index (κ1) is 23.5. The first-order valence-electron chi connectivity index (χ1n) is 9.02. The van der Waals surface area contributed by atoms with Crippen molar-refractivity contribution in [1.82, 2.24) is 4.90 Å². The molecule has 0 saturated heterocycles. The summed E-state index contributed by atoms with van der Waals surface area (Å²) >= 11 is 24.1. The molecule has 0 bridgehead atoms. The fourth-order valence-electron chi connectivity index (χ4n) is 3.13. The Hall–Kier alpha value is -2.12. The van der Waals surface area contributed by atoms with E-state index in [1.807, 2.05) is 13.0 Å². The molecule has 10 heteroatoms. The molecule has 1 aliphatic heterocycles. The SMILES string of the molecule is Cc1ccc(C)c(C(=O)COC(=O)CCN2C(=O)c3c(Cl)c(Cl)c(Cl)c(Cl)c3C2=O)c1. The van der Waals surface area contributed by atoms with Gasteiger partial charge in [0.25, 0.3) is 11.8 Å². The van der Waals surface area contributed by atoms with Crippen molar-refractivity contribution < 1.29 is 23.9 Å². The molecule has 0 aromatic heterocycles. The Morgan fingerprint density at radius 3 is 2.00 bits per heavy atom. The van der Waals surface area contributed by atoms with Crippen LogP contribution in [0.1, 0.15) is 48.6 Å². The summed E-state index contributed by atoms with van der Waals surface area (Å²) in [6.07, 6.45) is -0.317. The van der Waals surface area contributed by atoms with Crippen molar-refractivity contribution in [2.75, 3.05) is 13.2 Å². The second kappa shape index (κ2) is 9.17. The monoisotopic (exact) mass is 501 g/mol. The zero-order chi connectivity index (χ0) is 23.0. The highest BCUT2D eigenvalue weighted by Gasteiger charge is 2.41. The Kier molecular flexibility index (Phi) is 6.96. The van der Waals surface area contributed by atoms with Crippen LogP contribution in [0.2, 0.25) is 20.1 Å². The van der Waals surface area contributed by atoms with E-state index in [4.69, 9.17) is 51.1 Å². The molecule has 0 aliphatic carbocycles. The van der Waals surface area contributed by atoms with Gasteiger partial charge in [0.15, 0.2) is 6.61 Å². The lowest BCUT2D eigenvalue weighted by Crippen LogP contribution is -2.32. The lowest BCUT2D eigenvalue weighted by atomic mass is 10.0. The molecule has 0 N–H and O–H groups in total. The molecule has 31 heavy (non-hydrogen) atoms. The van der Waals surface area contributed by atoms with E-state index >= 15 is 0 Å². The van der Waals surface area contributed by atoms with Crippen LogP contribution >= 0.6 is 46.4 Å². The van der Waals surface area contributed by atoms with E-state index in [0.717, 1.165) is 16.0 Å². The molecule has 0 atom stereocenters. The van der Waals surface area contributed by atoms with Gasteiger partial charge >= 0.3 is 5.97 Å². The molecular formula is C21H15Cl4NO5. The minimum atomic E-state index is -0.747. The first-order chi connectivity index (χ1) is 14.5. The number of ketones is 1. The van der Waals surface area contributed by atoms with Crippen LogP contribution in [0.15, 0.2) is 18.2 Å². The van der Waals surface area contributed by atoms with E-state index in [1.54, 1.807) is 19.1 Å². The lowest BCUT2D eigenvalue weighted by Gasteiger charge is -2.13. The number of Topliss-reactive ketones (excluding diaryl/α,β-unsaturated/α-hetero) is 1. The molecule has 0 spiro atoms. The third-order valence-corrected chi connectivity index (χ3v) is 6.58. The van der Waals surface area contributed by atoms with Gasteiger partial charge in [-0.25, -0.2) is 0 Å². The Balaban J connectivity index is 1.64. The van der Waals surface area contributed by atoms with Crippen LogP contribution in [0.3, 0.4) is 0 Å². The van der Waals surface area contributed by atoms with Crippen LogP contribution in [0.5, 0.6) is 0 Å². The predicted molar refractivity (Wildman–Crippen MR) is 118 cm³/mol. The number of esters is 1. The lowest BCUT2D eigenvalue weighted by molar-refractivity contribution is -0.142. The number of ether oxygens (including phenoxy) is 1. The molecule has 0 fully saturated rings. The quantitative estimate of drug-likeness (QED) is 0.175. The maximum atomic E-state index is 12.6. The van der Waals surface area contributed by atoms with Crippen LogP contribution in [-0.2, 0) is 9.53 Å². The van der Waals surface area contributed by atoms with Gasteiger partial charge in [0.05, 0.1) is 37.6 Å².